The molecule has 0 fully saturated rings. The molecule has 0 radical (unpaired) electrons. The molecule has 0 aromatic rings. The first-order valence-electron chi connectivity index (χ1n) is 6.70. The maximum absolute atomic E-state index is 12.2. The summed E-state index contributed by atoms with van der Waals surface area (Å²) in [6, 6.07) is 0. The van der Waals surface area contributed by atoms with Crippen molar-refractivity contribution < 1.29 is 27.6 Å². The molecule has 6 nitrogen and oxygen atoms in total. The van der Waals surface area contributed by atoms with Crippen molar-refractivity contribution in [2.75, 3.05) is 53.7 Å². The highest BCUT2D eigenvalue weighted by Crippen LogP contribution is 2.47. The van der Waals surface area contributed by atoms with Crippen LogP contribution in [-0.2, 0) is 23.1 Å². The zero-order valence-corrected chi connectivity index (χ0v) is 13.9. The van der Waals surface area contributed by atoms with Crippen LogP contribution in [0.5, 0.6) is 0 Å². The van der Waals surface area contributed by atoms with E-state index in [1.165, 1.54) is 0 Å². The van der Waals surface area contributed by atoms with Crippen LogP contribution < -0.4 is 0 Å². The molecule has 0 N–H and O–H groups in total. The molecule has 0 aliphatic rings. The Kier molecular flexibility index (Phi) is 8.98. The zero-order valence-electron chi connectivity index (χ0n) is 13.0. The fourth-order valence-electron chi connectivity index (χ4n) is 1.34. The first-order valence-corrected chi connectivity index (χ1v) is 8.43. The second kappa shape index (κ2) is 9.29. The van der Waals surface area contributed by atoms with Crippen molar-refractivity contribution in [1.29, 1.82) is 0 Å². The van der Waals surface area contributed by atoms with E-state index < -0.39 is 13.6 Å². The first-order chi connectivity index (χ1) is 9.22. The second-order valence-corrected chi connectivity index (χ2v) is 7.70. The van der Waals surface area contributed by atoms with E-state index in [1.54, 1.807) is 6.92 Å². The Balaban J connectivity index is 3.93. The third-order valence-electron chi connectivity index (χ3n) is 2.43. The molecule has 7 heteroatoms. The molecule has 0 aliphatic carbocycles. The smallest absolute Gasteiger partial charge is 0.330 e. The Labute approximate surface area is 121 Å². The molecule has 0 aromatic carbocycles. The van der Waals surface area contributed by atoms with Crippen LogP contribution in [0, 0.1) is 0 Å². The molecule has 0 amide bonds. The van der Waals surface area contributed by atoms with Gasteiger partial charge in [-0.2, -0.15) is 0 Å². The molecule has 0 saturated heterocycles. The molecule has 0 aromatic heterocycles. The predicted molar refractivity (Wildman–Crippen MR) is 78.7 cm³/mol. The molecule has 0 rings (SSSR count). The van der Waals surface area contributed by atoms with E-state index in [9.17, 15) is 9.36 Å². The van der Waals surface area contributed by atoms with E-state index in [1.807, 2.05) is 0 Å². The van der Waals surface area contributed by atoms with E-state index in [0.29, 0.717) is 12.8 Å². The molecule has 0 bridgehead atoms. The summed E-state index contributed by atoms with van der Waals surface area (Å²) in [5, 5.41) is 0. The van der Waals surface area contributed by atoms with Gasteiger partial charge in [-0.05, 0) is 0 Å². The first kappa shape index (κ1) is 19.3. The van der Waals surface area contributed by atoms with Gasteiger partial charge in [0, 0.05) is 18.7 Å². The van der Waals surface area contributed by atoms with E-state index >= 15 is 0 Å². The SMILES string of the molecule is C=CC(=O)OCCOP(=O)(CC)OCCC[N+](C)(C)C. The van der Waals surface area contributed by atoms with Crippen LogP contribution >= 0.6 is 7.60 Å². The summed E-state index contributed by atoms with van der Waals surface area (Å²) in [7, 11) is 3.19. The highest BCUT2D eigenvalue weighted by Gasteiger charge is 2.22. The van der Waals surface area contributed by atoms with Crippen molar-refractivity contribution in [3.63, 3.8) is 0 Å². The Morgan fingerprint density at radius 3 is 2.30 bits per heavy atom. The zero-order chi connectivity index (χ0) is 15.6. The van der Waals surface area contributed by atoms with Crippen LogP contribution in [0.2, 0.25) is 0 Å². The molecule has 20 heavy (non-hydrogen) atoms. The van der Waals surface area contributed by atoms with Crippen LogP contribution in [0.15, 0.2) is 12.7 Å². The van der Waals surface area contributed by atoms with Crippen molar-refractivity contribution in [3.05, 3.63) is 12.7 Å². The monoisotopic (exact) mass is 308 g/mol. The van der Waals surface area contributed by atoms with Gasteiger partial charge in [0.2, 0.25) is 0 Å². The van der Waals surface area contributed by atoms with Gasteiger partial charge in [0.15, 0.2) is 0 Å². The topological polar surface area (TPSA) is 61.8 Å². The average Bonchev–Trinajstić information content (AvgIpc) is 2.38. The average molecular weight is 308 g/mol. The third kappa shape index (κ3) is 10.1. The summed E-state index contributed by atoms with van der Waals surface area (Å²) < 4.78 is 28.4. The number of rotatable bonds is 11. The standard InChI is InChI=1S/C13H27NO5P/c1-6-13(15)17-11-12-19-20(16,7-2)18-10-8-9-14(3,4)5/h6H,1,7-12H2,2-5H3/q+1. The van der Waals surface area contributed by atoms with Gasteiger partial charge in [-0.1, -0.05) is 13.5 Å². The van der Waals surface area contributed by atoms with Gasteiger partial charge in [0.1, 0.15) is 6.61 Å². The lowest BCUT2D eigenvalue weighted by atomic mass is 10.4. The number of carbonyl (C=O) groups excluding carboxylic acids is 1. The van der Waals surface area contributed by atoms with Crippen LogP contribution in [-0.4, -0.2) is 64.1 Å². The Morgan fingerprint density at radius 1 is 1.20 bits per heavy atom. The van der Waals surface area contributed by atoms with Crippen LogP contribution in [0.25, 0.3) is 0 Å². The highest BCUT2D eigenvalue weighted by atomic mass is 31.2. The maximum Gasteiger partial charge on any atom is 0.330 e. The number of carbonyl (C=O) groups is 1. The lowest BCUT2D eigenvalue weighted by Gasteiger charge is -2.24. The largest absolute Gasteiger partial charge is 0.460 e. The summed E-state index contributed by atoms with van der Waals surface area (Å²) >= 11 is 0. The lowest BCUT2D eigenvalue weighted by molar-refractivity contribution is -0.870. The van der Waals surface area contributed by atoms with Gasteiger partial charge in [-0.15, -0.1) is 0 Å². The number of quaternary nitrogens is 1. The molecule has 1 atom stereocenters. The van der Waals surface area contributed by atoms with Crippen LogP contribution in [0.1, 0.15) is 13.3 Å². The van der Waals surface area contributed by atoms with Gasteiger partial charge >= 0.3 is 13.6 Å². The minimum atomic E-state index is -3.07. The highest BCUT2D eigenvalue weighted by molar-refractivity contribution is 7.53. The Hall–Kier alpha value is -0.680. The molecule has 0 spiro atoms. The molecular weight excluding hydrogens is 281 g/mol. The summed E-state index contributed by atoms with van der Waals surface area (Å²) in [5.74, 6) is -0.524. The number of hydrogen-bond acceptors (Lipinski definition) is 5. The minimum Gasteiger partial charge on any atom is -0.460 e. The summed E-state index contributed by atoms with van der Waals surface area (Å²) in [6.07, 6.45) is 2.18. The number of esters is 1. The summed E-state index contributed by atoms with van der Waals surface area (Å²) in [6.45, 7) is 6.45. The molecule has 0 aliphatic heterocycles. The number of hydrogen-bond donors (Lipinski definition) is 0. The minimum absolute atomic E-state index is 0.0388. The van der Waals surface area contributed by atoms with E-state index in [0.717, 1.165) is 23.5 Å². The number of ether oxygens (including phenoxy) is 1. The summed E-state index contributed by atoms with van der Waals surface area (Å²) in [4.78, 5) is 10.8. The van der Waals surface area contributed by atoms with E-state index in [-0.39, 0.29) is 13.2 Å². The maximum atomic E-state index is 12.2. The van der Waals surface area contributed by atoms with Crippen molar-refractivity contribution in [1.82, 2.24) is 0 Å². The number of nitrogens with zero attached hydrogens (tertiary/aromatic N) is 1. The quantitative estimate of drug-likeness (QED) is 0.192. The van der Waals surface area contributed by atoms with Crippen molar-refractivity contribution in [2.45, 2.75) is 13.3 Å². The predicted octanol–water partition coefficient (Wildman–Crippen LogP) is 2.06. The van der Waals surface area contributed by atoms with Crippen molar-refractivity contribution >= 4 is 13.6 Å². The molecule has 1 unspecified atom stereocenters. The summed E-state index contributed by atoms with van der Waals surface area (Å²) in [5.41, 5.74) is 0. The van der Waals surface area contributed by atoms with Gasteiger partial charge in [-0.3, -0.25) is 4.57 Å². The molecule has 0 heterocycles. The van der Waals surface area contributed by atoms with E-state index in [2.05, 4.69) is 27.7 Å². The lowest BCUT2D eigenvalue weighted by Crippen LogP contribution is -2.35. The fourth-order valence-corrected chi connectivity index (χ4v) is 2.54. The second-order valence-electron chi connectivity index (χ2n) is 5.33. The van der Waals surface area contributed by atoms with Gasteiger partial charge in [0.25, 0.3) is 0 Å². The van der Waals surface area contributed by atoms with Crippen molar-refractivity contribution in [3.8, 4) is 0 Å². The normalized spacial score (nSPS) is 14.6. The van der Waals surface area contributed by atoms with Gasteiger partial charge in [-0.25, -0.2) is 4.79 Å². The van der Waals surface area contributed by atoms with Gasteiger partial charge in [0.05, 0.1) is 40.9 Å². The Bertz CT molecular complexity index is 351. The third-order valence-corrected chi connectivity index (χ3v) is 4.36. The van der Waals surface area contributed by atoms with Crippen molar-refractivity contribution in [2.24, 2.45) is 0 Å². The van der Waals surface area contributed by atoms with Crippen LogP contribution in [0.4, 0.5) is 0 Å². The molecule has 118 valence electrons. The van der Waals surface area contributed by atoms with Crippen LogP contribution in [0.3, 0.4) is 0 Å². The van der Waals surface area contributed by atoms with E-state index in [4.69, 9.17) is 13.8 Å². The molecule has 0 saturated carbocycles. The Morgan fingerprint density at radius 2 is 1.80 bits per heavy atom. The fraction of sp³-hybridized carbons (Fsp3) is 0.769. The molecular formula is C13H27NO5P+. The van der Waals surface area contributed by atoms with Gasteiger partial charge < -0.3 is 18.3 Å².